The molecule has 94 valence electrons. The van der Waals surface area contributed by atoms with Crippen molar-refractivity contribution in [1.29, 1.82) is 0 Å². The monoisotopic (exact) mass is 233 g/mol. The van der Waals surface area contributed by atoms with Gasteiger partial charge in [0.2, 0.25) is 0 Å². The average Bonchev–Trinajstić information content (AvgIpc) is 2.34. The fourth-order valence-corrected chi connectivity index (χ4v) is 2.67. The van der Waals surface area contributed by atoms with E-state index in [4.69, 9.17) is 0 Å². The highest BCUT2D eigenvalue weighted by Crippen LogP contribution is 2.29. The molecule has 17 heavy (non-hydrogen) atoms. The van der Waals surface area contributed by atoms with Crippen molar-refractivity contribution in [2.45, 2.75) is 51.5 Å². The SMILES string of the molecule is CCCCCCC1NCCc2cc(O)ccc21. The van der Waals surface area contributed by atoms with E-state index < -0.39 is 0 Å². The first-order valence-electron chi connectivity index (χ1n) is 6.86. The van der Waals surface area contributed by atoms with Gasteiger partial charge in [0.1, 0.15) is 5.75 Å². The standard InChI is InChI=1S/C15H23NO/c1-2-3-4-5-6-15-14-8-7-13(17)11-12(14)9-10-16-15/h7-8,11,15-17H,2-6,9-10H2,1H3. The molecular weight excluding hydrogens is 210 g/mol. The van der Waals surface area contributed by atoms with Crippen molar-refractivity contribution in [1.82, 2.24) is 5.32 Å². The van der Waals surface area contributed by atoms with Crippen LogP contribution in [0.3, 0.4) is 0 Å². The second-order valence-corrected chi connectivity index (χ2v) is 4.99. The maximum absolute atomic E-state index is 9.50. The van der Waals surface area contributed by atoms with Crippen LogP contribution >= 0.6 is 0 Å². The Morgan fingerprint density at radius 1 is 1.29 bits per heavy atom. The molecule has 1 unspecified atom stereocenters. The summed E-state index contributed by atoms with van der Waals surface area (Å²) in [5.41, 5.74) is 2.72. The number of aromatic hydroxyl groups is 1. The number of hydrogen-bond acceptors (Lipinski definition) is 2. The van der Waals surface area contributed by atoms with Gasteiger partial charge in [-0.25, -0.2) is 0 Å². The largest absolute Gasteiger partial charge is 0.508 e. The Bertz CT molecular complexity index is 362. The minimum Gasteiger partial charge on any atom is -0.508 e. The number of phenolic OH excluding ortho intramolecular Hbond substituents is 1. The molecule has 1 aliphatic rings. The van der Waals surface area contributed by atoms with E-state index in [1.807, 2.05) is 12.1 Å². The van der Waals surface area contributed by atoms with E-state index in [0.29, 0.717) is 11.8 Å². The topological polar surface area (TPSA) is 32.3 Å². The van der Waals surface area contributed by atoms with E-state index >= 15 is 0 Å². The van der Waals surface area contributed by atoms with Gasteiger partial charge in [0.15, 0.2) is 0 Å². The first kappa shape index (κ1) is 12.4. The highest BCUT2D eigenvalue weighted by molar-refractivity contribution is 5.38. The minimum absolute atomic E-state index is 0.399. The van der Waals surface area contributed by atoms with Crippen molar-refractivity contribution in [3.8, 4) is 5.75 Å². The molecule has 1 aliphatic heterocycles. The zero-order valence-electron chi connectivity index (χ0n) is 10.7. The van der Waals surface area contributed by atoms with E-state index in [2.05, 4.69) is 18.3 Å². The van der Waals surface area contributed by atoms with Crippen molar-refractivity contribution in [3.63, 3.8) is 0 Å². The highest BCUT2D eigenvalue weighted by Gasteiger charge is 2.19. The molecule has 0 fully saturated rings. The van der Waals surface area contributed by atoms with Crippen LogP contribution in [-0.4, -0.2) is 11.7 Å². The van der Waals surface area contributed by atoms with Gasteiger partial charge in [-0.05, 0) is 42.6 Å². The van der Waals surface area contributed by atoms with Crippen LogP contribution in [0, 0.1) is 0 Å². The van der Waals surface area contributed by atoms with Crippen molar-refractivity contribution >= 4 is 0 Å². The molecule has 1 aromatic rings. The Morgan fingerprint density at radius 3 is 3.00 bits per heavy atom. The lowest BCUT2D eigenvalue weighted by Gasteiger charge is -2.27. The molecule has 1 atom stereocenters. The fourth-order valence-electron chi connectivity index (χ4n) is 2.67. The molecule has 2 nitrogen and oxygen atoms in total. The second kappa shape index (κ2) is 6.06. The Labute approximate surface area is 104 Å². The molecule has 0 saturated carbocycles. The van der Waals surface area contributed by atoms with Crippen molar-refractivity contribution in [2.75, 3.05) is 6.54 Å². The summed E-state index contributed by atoms with van der Waals surface area (Å²) >= 11 is 0. The number of phenols is 1. The van der Waals surface area contributed by atoms with Gasteiger partial charge in [-0.1, -0.05) is 38.7 Å². The zero-order chi connectivity index (χ0) is 12.1. The van der Waals surface area contributed by atoms with Crippen LogP contribution in [0.15, 0.2) is 18.2 Å². The van der Waals surface area contributed by atoms with Crippen LogP contribution < -0.4 is 5.32 Å². The van der Waals surface area contributed by atoms with E-state index in [1.54, 1.807) is 0 Å². The van der Waals surface area contributed by atoms with Gasteiger partial charge in [-0.3, -0.25) is 0 Å². The number of rotatable bonds is 5. The summed E-state index contributed by atoms with van der Waals surface area (Å²) in [6.07, 6.45) is 7.53. The summed E-state index contributed by atoms with van der Waals surface area (Å²) in [5, 5.41) is 13.1. The van der Waals surface area contributed by atoms with Gasteiger partial charge >= 0.3 is 0 Å². The van der Waals surface area contributed by atoms with Crippen LogP contribution in [0.1, 0.15) is 56.2 Å². The quantitative estimate of drug-likeness (QED) is 0.762. The third-order valence-corrected chi connectivity index (χ3v) is 3.63. The molecule has 2 heteroatoms. The molecule has 1 heterocycles. The number of unbranched alkanes of at least 4 members (excludes halogenated alkanes) is 3. The Kier molecular flexibility index (Phi) is 4.43. The molecule has 1 aromatic carbocycles. The Balaban J connectivity index is 1.97. The smallest absolute Gasteiger partial charge is 0.115 e. The maximum Gasteiger partial charge on any atom is 0.115 e. The van der Waals surface area contributed by atoms with Crippen LogP contribution in [0.2, 0.25) is 0 Å². The van der Waals surface area contributed by atoms with Crippen LogP contribution in [0.25, 0.3) is 0 Å². The predicted octanol–water partition coefficient (Wildman–Crippen LogP) is 3.55. The first-order chi connectivity index (χ1) is 8.31. The summed E-state index contributed by atoms with van der Waals surface area (Å²) in [5.74, 6) is 0.399. The van der Waals surface area contributed by atoms with Crippen LogP contribution in [0.5, 0.6) is 5.75 Å². The second-order valence-electron chi connectivity index (χ2n) is 4.99. The van der Waals surface area contributed by atoms with Gasteiger partial charge in [0.05, 0.1) is 0 Å². The third-order valence-electron chi connectivity index (χ3n) is 3.63. The number of hydrogen-bond donors (Lipinski definition) is 2. The summed E-state index contributed by atoms with van der Waals surface area (Å²) in [6.45, 7) is 3.28. The minimum atomic E-state index is 0.399. The van der Waals surface area contributed by atoms with Gasteiger partial charge in [0.25, 0.3) is 0 Å². The number of nitrogens with one attached hydrogen (secondary N) is 1. The molecule has 0 saturated heterocycles. The molecule has 0 amide bonds. The lowest BCUT2D eigenvalue weighted by atomic mass is 9.91. The summed E-state index contributed by atoms with van der Waals surface area (Å²) in [7, 11) is 0. The van der Waals surface area contributed by atoms with Gasteiger partial charge < -0.3 is 10.4 Å². The predicted molar refractivity (Wildman–Crippen MR) is 71.3 cm³/mol. The lowest BCUT2D eigenvalue weighted by molar-refractivity contribution is 0.444. The highest BCUT2D eigenvalue weighted by atomic mass is 16.3. The van der Waals surface area contributed by atoms with E-state index in [9.17, 15) is 5.11 Å². The molecule has 2 rings (SSSR count). The number of benzene rings is 1. The molecular formula is C15H23NO. The van der Waals surface area contributed by atoms with Gasteiger partial charge in [0, 0.05) is 6.04 Å². The van der Waals surface area contributed by atoms with E-state index in [-0.39, 0.29) is 0 Å². The summed E-state index contributed by atoms with van der Waals surface area (Å²) < 4.78 is 0. The first-order valence-corrected chi connectivity index (χ1v) is 6.86. The molecule has 0 aromatic heterocycles. The molecule has 0 spiro atoms. The van der Waals surface area contributed by atoms with Crippen molar-refractivity contribution in [2.24, 2.45) is 0 Å². The van der Waals surface area contributed by atoms with E-state index in [0.717, 1.165) is 13.0 Å². The van der Waals surface area contributed by atoms with Gasteiger partial charge in [-0.2, -0.15) is 0 Å². The molecule has 0 aliphatic carbocycles. The number of fused-ring (bicyclic) bond motifs is 1. The van der Waals surface area contributed by atoms with Crippen molar-refractivity contribution < 1.29 is 5.11 Å². The maximum atomic E-state index is 9.50. The molecule has 0 bridgehead atoms. The lowest BCUT2D eigenvalue weighted by Crippen LogP contribution is -2.29. The zero-order valence-corrected chi connectivity index (χ0v) is 10.7. The van der Waals surface area contributed by atoms with Crippen molar-refractivity contribution in [3.05, 3.63) is 29.3 Å². The van der Waals surface area contributed by atoms with Gasteiger partial charge in [-0.15, -0.1) is 0 Å². The summed E-state index contributed by atoms with van der Waals surface area (Å²) in [4.78, 5) is 0. The fraction of sp³-hybridized carbons (Fsp3) is 0.600. The average molecular weight is 233 g/mol. The summed E-state index contributed by atoms with van der Waals surface area (Å²) in [6, 6.07) is 6.32. The van der Waals surface area contributed by atoms with E-state index in [1.165, 1.54) is 43.2 Å². The van der Waals surface area contributed by atoms with Crippen LogP contribution in [-0.2, 0) is 6.42 Å². The Morgan fingerprint density at radius 2 is 2.18 bits per heavy atom. The molecule has 0 radical (unpaired) electrons. The molecule has 2 N–H and O–H groups in total. The Hall–Kier alpha value is -1.02. The van der Waals surface area contributed by atoms with Crippen LogP contribution in [0.4, 0.5) is 0 Å². The third kappa shape index (κ3) is 3.22. The normalized spacial score (nSPS) is 19.0.